The number of primary amides is 1. The maximum atomic E-state index is 14.1. The largest absolute Gasteiger partial charge is 0.507 e. The maximum absolute atomic E-state index is 14.1. The number of nitrogens with zero attached hydrogens (tertiary/aromatic N) is 2. The lowest BCUT2D eigenvalue weighted by atomic mass is 9.54. The maximum Gasteiger partial charge on any atom is 0.230 e. The van der Waals surface area contributed by atoms with Gasteiger partial charge in [-0.05, 0) is 79.7 Å². The van der Waals surface area contributed by atoms with Crippen LogP contribution in [0.15, 0.2) is 35.9 Å². The van der Waals surface area contributed by atoms with E-state index in [0.717, 1.165) is 16.8 Å². The molecule has 5 rings (SSSR count). The summed E-state index contributed by atoms with van der Waals surface area (Å²) in [7, 11) is 7.15. The van der Waals surface area contributed by atoms with E-state index in [2.05, 4.69) is 0 Å². The molecule has 10 nitrogen and oxygen atoms in total. The van der Waals surface area contributed by atoms with E-state index in [9.17, 15) is 34.8 Å². The van der Waals surface area contributed by atoms with Gasteiger partial charge < -0.3 is 36.0 Å². The predicted molar refractivity (Wildman–Crippen MR) is 153 cm³/mol. The SMILES string of the molecule is CCc1cc(-c2ccc(N(C)C)cc2)c2c(c1O)C(O)=C1C(=O)[C@]3(O)C(=O)C(C(N)=O)C(O)C(N(C)C)[C@@H]3C[C@@H]1C2. The molecule has 2 aromatic carbocycles. The summed E-state index contributed by atoms with van der Waals surface area (Å²) in [6.45, 7) is 1.87. The zero-order chi connectivity index (χ0) is 30.1. The fourth-order valence-electron chi connectivity index (χ4n) is 7.19. The van der Waals surface area contributed by atoms with Gasteiger partial charge in [0, 0.05) is 37.3 Å². The second-order valence-electron chi connectivity index (χ2n) is 11.9. The monoisotopic (exact) mass is 563 g/mol. The minimum atomic E-state index is -2.67. The summed E-state index contributed by atoms with van der Waals surface area (Å²) in [6.07, 6.45) is -0.744. The minimum absolute atomic E-state index is 0.0769. The van der Waals surface area contributed by atoms with Crippen LogP contribution in [-0.2, 0) is 27.2 Å². The lowest BCUT2D eigenvalue weighted by molar-refractivity contribution is -0.184. The highest BCUT2D eigenvalue weighted by molar-refractivity contribution is 6.25. The Morgan fingerprint density at radius 3 is 2.27 bits per heavy atom. The van der Waals surface area contributed by atoms with Crippen LogP contribution >= 0.6 is 0 Å². The van der Waals surface area contributed by atoms with Gasteiger partial charge in [-0.2, -0.15) is 0 Å². The second kappa shape index (κ2) is 9.97. The average molecular weight is 564 g/mol. The molecule has 2 fully saturated rings. The number of anilines is 1. The van der Waals surface area contributed by atoms with Crippen molar-refractivity contribution in [1.29, 1.82) is 0 Å². The van der Waals surface area contributed by atoms with Crippen molar-refractivity contribution < 1.29 is 34.8 Å². The Balaban J connectivity index is 1.72. The zero-order valence-corrected chi connectivity index (χ0v) is 23.9. The molecule has 2 aromatic rings. The van der Waals surface area contributed by atoms with Gasteiger partial charge in [0.05, 0.1) is 11.7 Å². The highest BCUT2D eigenvalue weighted by Gasteiger charge is 2.67. The Bertz CT molecular complexity index is 1480. The van der Waals surface area contributed by atoms with Crippen LogP contribution in [0, 0.1) is 17.8 Å². The third-order valence-corrected chi connectivity index (χ3v) is 9.24. The fourth-order valence-corrected chi connectivity index (χ4v) is 7.19. The van der Waals surface area contributed by atoms with E-state index in [1.165, 1.54) is 0 Å². The Kier molecular flexibility index (Phi) is 7.00. The topological polar surface area (TPSA) is 165 Å². The number of aromatic hydroxyl groups is 1. The highest BCUT2D eigenvalue weighted by Crippen LogP contribution is 2.53. The quantitative estimate of drug-likeness (QED) is 0.338. The molecule has 6 atom stereocenters. The molecule has 10 heteroatoms. The number of amides is 1. The molecule has 6 N–H and O–H groups in total. The summed E-state index contributed by atoms with van der Waals surface area (Å²) in [6, 6.07) is 8.83. The predicted octanol–water partition coefficient (Wildman–Crippen LogP) is 1.42. The molecular formula is C31H37N3O7. The van der Waals surface area contributed by atoms with Crippen LogP contribution in [0.4, 0.5) is 5.69 Å². The van der Waals surface area contributed by atoms with Crippen LogP contribution in [0.2, 0.25) is 0 Å². The number of hydrogen-bond acceptors (Lipinski definition) is 9. The van der Waals surface area contributed by atoms with Gasteiger partial charge in [-0.1, -0.05) is 19.1 Å². The number of Topliss-reactive ketones (excluding diaryl/α,β-unsaturated/α-hetero) is 2. The smallest absolute Gasteiger partial charge is 0.230 e. The minimum Gasteiger partial charge on any atom is -0.507 e. The number of hydrogen-bond donors (Lipinski definition) is 5. The molecule has 0 bridgehead atoms. The molecule has 0 saturated heterocycles. The van der Waals surface area contributed by atoms with E-state index in [4.69, 9.17) is 5.73 Å². The summed E-state index contributed by atoms with van der Waals surface area (Å²) >= 11 is 0. The number of rotatable bonds is 5. The Labute approximate surface area is 238 Å². The molecule has 3 aliphatic rings. The van der Waals surface area contributed by atoms with E-state index >= 15 is 0 Å². The Hall–Kier alpha value is -3.73. The number of aliphatic hydroxyl groups excluding tert-OH is 2. The van der Waals surface area contributed by atoms with Crippen molar-refractivity contribution in [2.75, 3.05) is 33.1 Å². The normalized spacial score (nSPS) is 29.2. The fraction of sp³-hybridized carbons (Fsp3) is 0.452. The van der Waals surface area contributed by atoms with Gasteiger partial charge in [0.25, 0.3) is 0 Å². The second-order valence-corrected chi connectivity index (χ2v) is 11.9. The number of benzene rings is 2. The number of phenolic OH excluding ortho intramolecular Hbond substituents is 1. The Morgan fingerprint density at radius 2 is 1.73 bits per heavy atom. The molecule has 41 heavy (non-hydrogen) atoms. The van der Waals surface area contributed by atoms with Crippen molar-refractivity contribution in [2.24, 2.45) is 23.5 Å². The molecule has 3 aliphatic carbocycles. The van der Waals surface area contributed by atoms with Gasteiger partial charge in [0.15, 0.2) is 11.4 Å². The molecule has 0 aliphatic heterocycles. The highest BCUT2D eigenvalue weighted by atomic mass is 16.3. The number of aryl methyl sites for hydroxylation is 1. The van der Waals surface area contributed by atoms with Gasteiger partial charge in [0.2, 0.25) is 11.7 Å². The van der Waals surface area contributed by atoms with Crippen molar-refractivity contribution in [3.05, 3.63) is 52.6 Å². The molecule has 218 valence electrons. The molecule has 0 radical (unpaired) electrons. The van der Waals surface area contributed by atoms with Crippen LogP contribution in [0.3, 0.4) is 0 Å². The van der Waals surface area contributed by atoms with E-state index in [-0.39, 0.29) is 29.7 Å². The van der Waals surface area contributed by atoms with Crippen molar-refractivity contribution in [1.82, 2.24) is 4.90 Å². The van der Waals surface area contributed by atoms with Crippen molar-refractivity contribution in [3.8, 4) is 16.9 Å². The number of carbonyl (C=O) groups excluding carboxylic acids is 3. The third-order valence-electron chi connectivity index (χ3n) is 9.24. The van der Waals surface area contributed by atoms with Gasteiger partial charge in [-0.3, -0.25) is 14.4 Å². The first kappa shape index (κ1) is 28.8. The third kappa shape index (κ3) is 4.07. The number of aliphatic hydroxyl groups is 3. The number of ketones is 2. The van der Waals surface area contributed by atoms with Gasteiger partial charge in [-0.25, -0.2) is 0 Å². The first-order valence-corrected chi connectivity index (χ1v) is 13.8. The van der Waals surface area contributed by atoms with Crippen LogP contribution in [-0.4, -0.2) is 88.7 Å². The number of likely N-dealkylation sites (N-methyl/N-ethyl adjacent to an activating group) is 1. The summed E-state index contributed by atoms with van der Waals surface area (Å²) in [5, 5.41) is 45.7. The number of fused-ring (bicyclic) bond motifs is 3. The van der Waals surface area contributed by atoms with Crippen LogP contribution in [0.1, 0.15) is 30.0 Å². The first-order chi connectivity index (χ1) is 19.2. The molecule has 0 aromatic heterocycles. The Morgan fingerprint density at radius 1 is 1.10 bits per heavy atom. The molecule has 0 spiro atoms. The summed E-state index contributed by atoms with van der Waals surface area (Å²) in [5.41, 5.74) is 6.63. The first-order valence-electron chi connectivity index (χ1n) is 13.8. The van der Waals surface area contributed by atoms with Crippen LogP contribution < -0.4 is 10.6 Å². The van der Waals surface area contributed by atoms with Gasteiger partial charge >= 0.3 is 0 Å². The molecule has 1 amide bonds. The lowest BCUT2D eigenvalue weighted by Gasteiger charge is -2.53. The molecule has 0 heterocycles. The number of phenols is 1. The molecule has 2 saturated carbocycles. The van der Waals surface area contributed by atoms with E-state index in [1.54, 1.807) is 19.0 Å². The van der Waals surface area contributed by atoms with Crippen molar-refractivity contribution >= 4 is 28.9 Å². The standard InChI is InChI=1S/C31H37N3O7/c1-6-14-11-18(15-7-9-17(10-8-15)33(2)3)19-12-16-13-20-24(34(4)5)27(37)23(30(32)40)29(39)31(20,41)28(38)21(16)26(36)22(19)25(14)35/h7-11,16,20,23-24,27,35-37,41H,6,12-13H2,1-5H3,(H2,32,40)/t16-,20-,23?,24?,27?,31-/m0/s1. The average Bonchev–Trinajstić information content (AvgIpc) is 2.90. The zero-order valence-electron chi connectivity index (χ0n) is 23.9. The number of nitrogens with two attached hydrogens (primary N) is 1. The van der Waals surface area contributed by atoms with E-state index < -0.39 is 58.7 Å². The summed E-state index contributed by atoms with van der Waals surface area (Å²) < 4.78 is 0. The van der Waals surface area contributed by atoms with E-state index in [1.807, 2.05) is 56.3 Å². The van der Waals surface area contributed by atoms with Gasteiger partial charge in [-0.15, -0.1) is 0 Å². The summed E-state index contributed by atoms with van der Waals surface area (Å²) in [4.78, 5) is 43.4. The number of carbonyl (C=O) groups is 3. The summed E-state index contributed by atoms with van der Waals surface area (Å²) in [5.74, 6) is -7.43. The molecule has 3 unspecified atom stereocenters. The van der Waals surface area contributed by atoms with Gasteiger partial charge in [0.1, 0.15) is 17.4 Å². The molecular weight excluding hydrogens is 526 g/mol. The van der Waals surface area contributed by atoms with Crippen molar-refractivity contribution in [3.63, 3.8) is 0 Å². The van der Waals surface area contributed by atoms with Crippen LogP contribution in [0.25, 0.3) is 16.9 Å². The lowest BCUT2D eigenvalue weighted by Crippen LogP contribution is -2.73. The van der Waals surface area contributed by atoms with Crippen LogP contribution in [0.5, 0.6) is 5.75 Å². The van der Waals surface area contributed by atoms with E-state index in [0.29, 0.717) is 17.5 Å². The van der Waals surface area contributed by atoms with Crippen molar-refractivity contribution in [2.45, 2.75) is 43.9 Å².